The van der Waals surface area contributed by atoms with E-state index in [2.05, 4.69) is 22.1 Å². The van der Waals surface area contributed by atoms with Gasteiger partial charge in [-0.2, -0.15) is 0 Å². The molecule has 0 radical (unpaired) electrons. The number of carbonyl (C=O) groups excluding carboxylic acids is 1. The monoisotopic (exact) mass is 342 g/mol. The van der Waals surface area contributed by atoms with E-state index in [-0.39, 0.29) is 18.2 Å². The third-order valence-corrected chi connectivity index (χ3v) is 5.56. The minimum absolute atomic E-state index is 0.0938. The van der Waals surface area contributed by atoms with Gasteiger partial charge >= 0.3 is 6.03 Å². The van der Waals surface area contributed by atoms with Crippen LogP contribution in [0.1, 0.15) is 23.5 Å². The van der Waals surface area contributed by atoms with Crippen LogP contribution in [0.25, 0.3) is 0 Å². The highest BCUT2D eigenvalue weighted by atomic mass is 35.5. The third kappa shape index (κ3) is 3.23. The van der Waals surface area contributed by atoms with Crippen LogP contribution in [0.3, 0.4) is 0 Å². The molecule has 2 aromatic rings. The van der Waals surface area contributed by atoms with Crippen molar-refractivity contribution in [2.45, 2.75) is 25.5 Å². The van der Waals surface area contributed by atoms with Crippen LogP contribution in [0.4, 0.5) is 10.5 Å². The zero-order chi connectivity index (χ0) is 14.8. The first-order chi connectivity index (χ1) is 10.1. The van der Waals surface area contributed by atoms with Crippen LogP contribution in [0.5, 0.6) is 0 Å². The predicted octanol–water partition coefficient (Wildman–Crippen LogP) is 4.29. The average molecular weight is 343 g/mol. The molecule has 2 aromatic heterocycles. The summed E-state index contributed by atoms with van der Waals surface area (Å²) in [6, 6.07) is 3.48. The number of rotatable bonds is 3. The second kappa shape index (κ2) is 6.36. The van der Waals surface area contributed by atoms with E-state index in [4.69, 9.17) is 16.3 Å². The molecule has 4 nitrogen and oxygen atoms in total. The summed E-state index contributed by atoms with van der Waals surface area (Å²) in [7, 11) is 0. The number of fused-ring (bicyclic) bond motifs is 1. The van der Waals surface area contributed by atoms with E-state index in [1.54, 1.807) is 17.4 Å². The number of hydrogen-bond donors (Lipinski definition) is 2. The average Bonchev–Trinajstić information content (AvgIpc) is 3.07. The number of thiophene rings is 2. The van der Waals surface area contributed by atoms with Crippen LogP contribution in [0, 0.1) is 0 Å². The molecule has 0 bridgehead atoms. The molecular formula is C14H15ClN2O2S2. The van der Waals surface area contributed by atoms with Crippen LogP contribution in [0.2, 0.25) is 4.34 Å². The van der Waals surface area contributed by atoms with Crippen molar-refractivity contribution in [2.24, 2.45) is 0 Å². The fraction of sp³-hybridized carbons (Fsp3) is 0.357. The molecule has 0 aliphatic carbocycles. The highest BCUT2D eigenvalue weighted by Gasteiger charge is 2.28. The summed E-state index contributed by atoms with van der Waals surface area (Å²) in [5.41, 5.74) is 1.82. The molecule has 0 fully saturated rings. The summed E-state index contributed by atoms with van der Waals surface area (Å²) in [6.45, 7) is 2.65. The van der Waals surface area contributed by atoms with Crippen LogP contribution in [-0.2, 0) is 11.2 Å². The topological polar surface area (TPSA) is 50.4 Å². The maximum Gasteiger partial charge on any atom is 0.319 e. The number of nitrogens with one attached hydrogen (secondary N) is 2. The molecule has 2 amide bonds. The van der Waals surface area contributed by atoms with Crippen molar-refractivity contribution in [3.8, 4) is 0 Å². The number of ether oxygens (including phenoxy) is 1. The van der Waals surface area contributed by atoms with Gasteiger partial charge in [-0.1, -0.05) is 11.6 Å². The molecular weight excluding hydrogens is 328 g/mol. The van der Waals surface area contributed by atoms with Gasteiger partial charge in [0.1, 0.15) is 10.4 Å². The Morgan fingerprint density at radius 1 is 1.43 bits per heavy atom. The van der Waals surface area contributed by atoms with Crippen molar-refractivity contribution >= 4 is 46.0 Å². The molecule has 2 N–H and O–H groups in total. The molecule has 112 valence electrons. The predicted molar refractivity (Wildman–Crippen MR) is 87.7 cm³/mol. The van der Waals surface area contributed by atoms with E-state index < -0.39 is 0 Å². The van der Waals surface area contributed by atoms with E-state index in [0.29, 0.717) is 16.6 Å². The molecule has 0 spiro atoms. The van der Waals surface area contributed by atoms with E-state index >= 15 is 0 Å². The maximum atomic E-state index is 12.0. The number of urea groups is 1. The van der Waals surface area contributed by atoms with Crippen molar-refractivity contribution < 1.29 is 9.53 Å². The SMILES string of the molecule is C[C@@H](NC(=O)Nc1ccsc1Cl)[C@H]1OCCc2sccc21. The fourth-order valence-corrected chi connectivity index (χ4v) is 4.15. The number of amides is 2. The zero-order valence-electron chi connectivity index (χ0n) is 11.4. The molecule has 0 aromatic carbocycles. The van der Waals surface area contributed by atoms with Crippen molar-refractivity contribution in [1.82, 2.24) is 5.32 Å². The Balaban J connectivity index is 1.63. The second-order valence-electron chi connectivity index (χ2n) is 4.84. The summed E-state index contributed by atoms with van der Waals surface area (Å²) >= 11 is 9.11. The Bertz CT molecular complexity index is 640. The quantitative estimate of drug-likeness (QED) is 0.874. The molecule has 21 heavy (non-hydrogen) atoms. The van der Waals surface area contributed by atoms with Gasteiger partial charge in [0.15, 0.2) is 0 Å². The lowest BCUT2D eigenvalue weighted by Gasteiger charge is -2.29. The molecule has 0 unspecified atom stereocenters. The minimum atomic E-state index is -0.270. The number of anilines is 1. The van der Waals surface area contributed by atoms with Crippen LogP contribution in [-0.4, -0.2) is 18.7 Å². The first-order valence-electron chi connectivity index (χ1n) is 6.63. The highest BCUT2D eigenvalue weighted by Crippen LogP contribution is 2.33. The van der Waals surface area contributed by atoms with Crippen LogP contribution in [0.15, 0.2) is 22.9 Å². The summed E-state index contributed by atoms with van der Waals surface area (Å²) < 4.78 is 6.40. The summed E-state index contributed by atoms with van der Waals surface area (Å²) in [5, 5.41) is 9.59. The lowest BCUT2D eigenvalue weighted by Crippen LogP contribution is -2.41. The van der Waals surface area contributed by atoms with Gasteiger partial charge < -0.3 is 15.4 Å². The smallest absolute Gasteiger partial charge is 0.319 e. The van der Waals surface area contributed by atoms with Gasteiger partial charge in [-0.05, 0) is 35.4 Å². The third-order valence-electron chi connectivity index (χ3n) is 3.39. The zero-order valence-corrected chi connectivity index (χ0v) is 13.8. The largest absolute Gasteiger partial charge is 0.371 e. The van der Waals surface area contributed by atoms with Gasteiger partial charge in [-0.3, -0.25) is 0 Å². The van der Waals surface area contributed by atoms with Gasteiger partial charge in [0.05, 0.1) is 18.3 Å². The molecule has 1 aliphatic rings. The second-order valence-corrected chi connectivity index (χ2v) is 7.35. The van der Waals surface area contributed by atoms with Gasteiger partial charge in [-0.25, -0.2) is 4.79 Å². The molecule has 0 saturated heterocycles. The van der Waals surface area contributed by atoms with Crippen molar-refractivity contribution in [1.29, 1.82) is 0 Å². The van der Waals surface area contributed by atoms with E-state index in [0.717, 1.165) is 6.42 Å². The van der Waals surface area contributed by atoms with Gasteiger partial charge in [0, 0.05) is 11.3 Å². The van der Waals surface area contributed by atoms with E-state index in [1.807, 2.05) is 12.3 Å². The molecule has 3 rings (SSSR count). The Hall–Kier alpha value is -1.08. The minimum Gasteiger partial charge on any atom is -0.371 e. The lowest BCUT2D eigenvalue weighted by atomic mass is 10.0. The standard InChI is InChI=1S/C14H15ClN2O2S2/c1-8(12-9-3-6-20-11(9)2-5-19-12)16-14(18)17-10-4-7-21-13(10)15/h3-4,6-8,12H,2,5H2,1H3,(H2,16,17,18)/t8-,12-/m1/s1. The summed E-state index contributed by atoms with van der Waals surface area (Å²) in [6.07, 6.45) is 0.858. The normalized spacial score (nSPS) is 18.9. The molecule has 7 heteroatoms. The van der Waals surface area contributed by atoms with Gasteiger partial charge in [0.25, 0.3) is 0 Å². The first kappa shape index (κ1) is 14.8. The highest BCUT2D eigenvalue weighted by molar-refractivity contribution is 7.15. The van der Waals surface area contributed by atoms with Gasteiger partial charge in [-0.15, -0.1) is 22.7 Å². The van der Waals surface area contributed by atoms with E-state index in [1.165, 1.54) is 21.8 Å². The number of carbonyl (C=O) groups is 1. The Morgan fingerprint density at radius 2 is 2.24 bits per heavy atom. The van der Waals surface area contributed by atoms with Crippen molar-refractivity contribution in [2.75, 3.05) is 11.9 Å². The molecule has 3 heterocycles. The summed E-state index contributed by atoms with van der Waals surface area (Å²) in [4.78, 5) is 13.4. The van der Waals surface area contributed by atoms with Crippen molar-refractivity contribution in [3.05, 3.63) is 37.7 Å². The Labute approximate surface area is 136 Å². The van der Waals surface area contributed by atoms with Crippen LogP contribution >= 0.6 is 34.3 Å². The molecule has 1 aliphatic heterocycles. The number of halogens is 1. The molecule has 2 atom stereocenters. The number of hydrogen-bond acceptors (Lipinski definition) is 4. The maximum absolute atomic E-state index is 12.0. The van der Waals surface area contributed by atoms with E-state index in [9.17, 15) is 4.79 Å². The lowest BCUT2D eigenvalue weighted by molar-refractivity contribution is 0.0238. The first-order valence-corrected chi connectivity index (χ1v) is 8.77. The fourth-order valence-electron chi connectivity index (χ4n) is 2.41. The Morgan fingerprint density at radius 3 is 3.00 bits per heavy atom. The van der Waals surface area contributed by atoms with Crippen LogP contribution < -0.4 is 10.6 Å². The Kier molecular flexibility index (Phi) is 4.49. The van der Waals surface area contributed by atoms with Crippen molar-refractivity contribution in [3.63, 3.8) is 0 Å². The van der Waals surface area contributed by atoms with Gasteiger partial charge in [0.2, 0.25) is 0 Å². The molecule has 0 saturated carbocycles. The summed E-state index contributed by atoms with van der Waals surface area (Å²) in [5.74, 6) is 0.